The van der Waals surface area contributed by atoms with Crippen LogP contribution in [-0.2, 0) is 4.74 Å². The standard InChI is InChI=1S/C12H18Cl4O/c13-11(14)5-1-9(2-6-11)17-10-3-7-12(15,16)8-4-10/h9-10H,1-8H2. The van der Waals surface area contributed by atoms with Crippen LogP contribution < -0.4 is 0 Å². The Morgan fingerprint density at radius 3 is 1.24 bits per heavy atom. The number of rotatable bonds is 2. The van der Waals surface area contributed by atoms with Crippen molar-refractivity contribution in [2.75, 3.05) is 0 Å². The van der Waals surface area contributed by atoms with Crippen LogP contribution in [0.2, 0.25) is 0 Å². The van der Waals surface area contributed by atoms with E-state index in [-0.39, 0.29) is 0 Å². The lowest BCUT2D eigenvalue weighted by Crippen LogP contribution is -2.34. The minimum absolute atomic E-state index is 0.309. The van der Waals surface area contributed by atoms with Crippen LogP contribution >= 0.6 is 46.4 Å². The lowest BCUT2D eigenvalue weighted by Gasteiger charge is -2.36. The fourth-order valence-corrected chi connectivity index (χ4v) is 3.44. The number of hydrogen-bond acceptors (Lipinski definition) is 1. The molecule has 17 heavy (non-hydrogen) atoms. The van der Waals surface area contributed by atoms with Crippen molar-refractivity contribution in [3.63, 3.8) is 0 Å². The summed E-state index contributed by atoms with van der Waals surface area (Å²) in [6.07, 6.45) is 7.72. The van der Waals surface area contributed by atoms with Gasteiger partial charge in [-0.25, -0.2) is 0 Å². The van der Waals surface area contributed by atoms with Gasteiger partial charge in [0.2, 0.25) is 0 Å². The van der Waals surface area contributed by atoms with E-state index in [0.717, 1.165) is 51.4 Å². The first-order valence-corrected chi connectivity index (χ1v) is 7.79. The third-order valence-corrected chi connectivity index (χ3v) is 5.23. The molecule has 2 fully saturated rings. The molecule has 0 heterocycles. The summed E-state index contributed by atoms with van der Waals surface area (Å²) in [4.78, 5) is 0. The lowest BCUT2D eigenvalue weighted by atomic mass is 9.94. The lowest BCUT2D eigenvalue weighted by molar-refractivity contribution is -0.0468. The maximum atomic E-state index is 6.09. The Bertz CT molecular complexity index is 221. The SMILES string of the molecule is ClC1(Cl)CCC(OC2CCC(Cl)(Cl)CC2)CC1. The van der Waals surface area contributed by atoms with E-state index in [9.17, 15) is 0 Å². The Balaban J connectivity index is 1.72. The molecule has 0 aromatic heterocycles. The molecule has 2 aliphatic rings. The number of ether oxygens (including phenoxy) is 1. The molecule has 0 aromatic rings. The van der Waals surface area contributed by atoms with E-state index in [1.165, 1.54) is 0 Å². The first-order chi connectivity index (χ1) is 7.86. The van der Waals surface area contributed by atoms with Crippen LogP contribution in [0.1, 0.15) is 51.4 Å². The van der Waals surface area contributed by atoms with Gasteiger partial charge in [-0.15, -0.1) is 46.4 Å². The van der Waals surface area contributed by atoms with Gasteiger partial charge in [-0.05, 0) is 51.4 Å². The van der Waals surface area contributed by atoms with E-state index in [2.05, 4.69) is 0 Å². The van der Waals surface area contributed by atoms with Gasteiger partial charge in [0.25, 0.3) is 0 Å². The predicted octanol–water partition coefficient (Wildman–Crippen LogP) is 5.24. The van der Waals surface area contributed by atoms with Crippen LogP contribution in [-0.4, -0.2) is 20.9 Å². The van der Waals surface area contributed by atoms with E-state index < -0.39 is 8.67 Å². The molecule has 2 rings (SSSR count). The first-order valence-electron chi connectivity index (χ1n) is 6.27. The molecule has 0 aliphatic heterocycles. The molecule has 0 N–H and O–H groups in total. The van der Waals surface area contributed by atoms with Gasteiger partial charge in [-0.3, -0.25) is 0 Å². The van der Waals surface area contributed by atoms with Gasteiger partial charge in [-0.1, -0.05) is 0 Å². The van der Waals surface area contributed by atoms with Gasteiger partial charge >= 0.3 is 0 Å². The molecule has 1 nitrogen and oxygen atoms in total. The molecule has 5 heteroatoms. The van der Waals surface area contributed by atoms with E-state index in [1.807, 2.05) is 0 Å². The Labute approximate surface area is 123 Å². The van der Waals surface area contributed by atoms with Crippen molar-refractivity contribution < 1.29 is 4.74 Å². The first kappa shape index (κ1) is 14.5. The quantitative estimate of drug-likeness (QED) is 0.633. The van der Waals surface area contributed by atoms with Crippen LogP contribution in [0.3, 0.4) is 0 Å². The van der Waals surface area contributed by atoms with Crippen LogP contribution in [0.5, 0.6) is 0 Å². The Morgan fingerprint density at radius 2 is 0.941 bits per heavy atom. The highest BCUT2D eigenvalue weighted by molar-refractivity contribution is 6.48. The average molecular weight is 320 g/mol. The summed E-state index contributed by atoms with van der Waals surface area (Å²) >= 11 is 24.4. The van der Waals surface area contributed by atoms with E-state index >= 15 is 0 Å². The van der Waals surface area contributed by atoms with Crippen molar-refractivity contribution in [1.29, 1.82) is 0 Å². The second kappa shape index (κ2) is 5.63. The van der Waals surface area contributed by atoms with Crippen LogP contribution in [0.25, 0.3) is 0 Å². The molecule has 0 bridgehead atoms. The predicted molar refractivity (Wildman–Crippen MR) is 74.5 cm³/mol. The zero-order valence-electron chi connectivity index (χ0n) is 9.73. The molecule has 0 aromatic carbocycles. The van der Waals surface area contributed by atoms with E-state index in [0.29, 0.717) is 12.2 Å². The summed E-state index contributed by atoms with van der Waals surface area (Å²) in [6, 6.07) is 0. The van der Waals surface area contributed by atoms with Crippen molar-refractivity contribution >= 4 is 46.4 Å². The Morgan fingerprint density at radius 1 is 0.647 bits per heavy atom. The fourth-order valence-electron chi connectivity index (χ4n) is 2.57. The molecule has 0 atom stereocenters. The second-order valence-electron chi connectivity index (χ2n) is 5.25. The van der Waals surface area contributed by atoms with Crippen LogP contribution in [0, 0.1) is 0 Å². The maximum Gasteiger partial charge on any atom is 0.118 e. The molecule has 0 saturated heterocycles. The van der Waals surface area contributed by atoms with Crippen molar-refractivity contribution in [3.8, 4) is 0 Å². The summed E-state index contributed by atoms with van der Waals surface area (Å²) in [5.41, 5.74) is 0. The normalized spacial score (nSPS) is 30.4. The smallest absolute Gasteiger partial charge is 0.118 e. The van der Waals surface area contributed by atoms with Gasteiger partial charge in [-0.2, -0.15) is 0 Å². The molecule has 0 spiro atoms. The van der Waals surface area contributed by atoms with Crippen molar-refractivity contribution in [1.82, 2.24) is 0 Å². The number of alkyl halides is 4. The third kappa shape index (κ3) is 4.62. The monoisotopic (exact) mass is 318 g/mol. The van der Waals surface area contributed by atoms with Gasteiger partial charge in [0, 0.05) is 0 Å². The van der Waals surface area contributed by atoms with E-state index in [1.54, 1.807) is 0 Å². The fraction of sp³-hybridized carbons (Fsp3) is 1.00. The average Bonchev–Trinajstić information content (AvgIpc) is 2.24. The largest absolute Gasteiger partial charge is 0.375 e. The summed E-state index contributed by atoms with van der Waals surface area (Å²) in [5, 5.41) is 0. The summed E-state index contributed by atoms with van der Waals surface area (Å²) in [6.45, 7) is 0. The van der Waals surface area contributed by atoms with Gasteiger partial charge in [0.1, 0.15) is 8.67 Å². The highest BCUT2D eigenvalue weighted by Gasteiger charge is 2.35. The van der Waals surface area contributed by atoms with E-state index in [4.69, 9.17) is 51.1 Å². The minimum Gasteiger partial charge on any atom is -0.375 e. The Kier molecular flexibility index (Phi) is 4.81. The number of hydrogen-bond donors (Lipinski definition) is 0. The van der Waals surface area contributed by atoms with Gasteiger partial charge in [0.15, 0.2) is 0 Å². The molecule has 2 aliphatic carbocycles. The molecule has 2 saturated carbocycles. The highest BCUT2D eigenvalue weighted by Crippen LogP contribution is 2.42. The minimum atomic E-state index is -0.534. The molecule has 0 unspecified atom stereocenters. The molecule has 0 amide bonds. The summed E-state index contributed by atoms with van der Waals surface area (Å²) in [5.74, 6) is 0. The second-order valence-corrected chi connectivity index (χ2v) is 8.53. The zero-order chi connectivity index (χ0) is 12.5. The third-order valence-electron chi connectivity index (χ3n) is 3.71. The summed E-state index contributed by atoms with van der Waals surface area (Å²) < 4.78 is 5.02. The van der Waals surface area contributed by atoms with Crippen molar-refractivity contribution in [2.24, 2.45) is 0 Å². The molecular formula is C12H18Cl4O. The molecule has 100 valence electrons. The van der Waals surface area contributed by atoms with Crippen LogP contribution in [0.15, 0.2) is 0 Å². The van der Waals surface area contributed by atoms with Crippen molar-refractivity contribution in [3.05, 3.63) is 0 Å². The van der Waals surface area contributed by atoms with Gasteiger partial charge < -0.3 is 4.74 Å². The molecule has 0 radical (unpaired) electrons. The van der Waals surface area contributed by atoms with Crippen LogP contribution in [0.4, 0.5) is 0 Å². The molecular weight excluding hydrogens is 302 g/mol. The maximum absolute atomic E-state index is 6.09. The highest BCUT2D eigenvalue weighted by atomic mass is 35.5. The number of halogens is 4. The van der Waals surface area contributed by atoms with Crippen molar-refractivity contribution in [2.45, 2.75) is 72.2 Å². The summed E-state index contributed by atoms with van der Waals surface area (Å²) in [7, 11) is 0. The topological polar surface area (TPSA) is 9.23 Å². The van der Waals surface area contributed by atoms with Gasteiger partial charge in [0.05, 0.1) is 12.2 Å². The Hall–Kier alpha value is 1.12. The zero-order valence-corrected chi connectivity index (χ0v) is 12.8.